The van der Waals surface area contributed by atoms with E-state index in [0.717, 1.165) is 16.6 Å². The third-order valence-corrected chi connectivity index (χ3v) is 3.13. The predicted molar refractivity (Wildman–Crippen MR) is 83.1 cm³/mol. The van der Waals surface area contributed by atoms with E-state index in [4.69, 9.17) is 18.0 Å². The van der Waals surface area contributed by atoms with E-state index in [9.17, 15) is 4.79 Å². The first-order chi connectivity index (χ1) is 9.52. The highest BCUT2D eigenvalue weighted by atomic mass is 32.1. The number of carbonyl (C=O) groups is 1. The summed E-state index contributed by atoms with van der Waals surface area (Å²) in [4.78, 5) is 16.8. The third-order valence-electron chi connectivity index (χ3n) is 2.91. The summed E-state index contributed by atoms with van der Waals surface area (Å²) in [5.74, 6) is -0.249. The summed E-state index contributed by atoms with van der Waals surface area (Å²) < 4.78 is 0. The van der Waals surface area contributed by atoms with Crippen LogP contribution in [0.15, 0.2) is 30.3 Å². The lowest BCUT2D eigenvalue weighted by Gasteiger charge is -2.21. The maximum atomic E-state index is 12.4. The van der Waals surface area contributed by atoms with Gasteiger partial charge in [-0.25, -0.2) is 0 Å². The van der Waals surface area contributed by atoms with Crippen LogP contribution in [0.1, 0.15) is 23.0 Å². The fourth-order valence-electron chi connectivity index (χ4n) is 1.97. The average molecular weight is 288 g/mol. The molecular formula is C14H16N4OS. The van der Waals surface area contributed by atoms with Crippen molar-refractivity contribution < 1.29 is 4.79 Å². The summed E-state index contributed by atoms with van der Waals surface area (Å²) in [7, 11) is 0. The zero-order valence-corrected chi connectivity index (χ0v) is 12.2. The molecule has 6 heteroatoms. The van der Waals surface area contributed by atoms with Crippen LogP contribution in [0.2, 0.25) is 0 Å². The van der Waals surface area contributed by atoms with E-state index in [2.05, 4.69) is 10.4 Å². The average Bonchev–Trinajstić information content (AvgIpc) is 2.43. The molecule has 0 radical (unpaired) electrons. The molecule has 5 nitrogen and oxygen atoms in total. The fourth-order valence-corrected chi connectivity index (χ4v) is 2.14. The van der Waals surface area contributed by atoms with Gasteiger partial charge in [-0.2, -0.15) is 0 Å². The van der Waals surface area contributed by atoms with E-state index in [1.54, 1.807) is 6.07 Å². The van der Waals surface area contributed by atoms with E-state index in [1.165, 1.54) is 5.01 Å². The molecule has 20 heavy (non-hydrogen) atoms. The molecule has 104 valence electrons. The van der Waals surface area contributed by atoms with Gasteiger partial charge in [-0.05, 0) is 38.2 Å². The number of nitrogens with one attached hydrogen (secondary N) is 1. The van der Waals surface area contributed by atoms with Gasteiger partial charge in [-0.15, -0.1) is 0 Å². The number of hydrogen-bond acceptors (Lipinski definition) is 3. The molecule has 0 bridgehead atoms. The van der Waals surface area contributed by atoms with E-state index in [-0.39, 0.29) is 11.0 Å². The summed E-state index contributed by atoms with van der Waals surface area (Å²) >= 11 is 4.88. The lowest BCUT2D eigenvalue weighted by atomic mass is 10.1. The smallest absolute Gasteiger partial charge is 0.270 e. The van der Waals surface area contributed by atoms with E-state index >= 15 is 0 Å². The minimum absolute atomic E-state index is 0.135. The summed E-state index contributed by atoms with van der Waals surface area (Å²) in [5.41, 5.74) is 10.4. The second-order valence-electron chi connectivity index (χ2n) is 4.35. The number of thiocarbonyl (C=S) groups is 1. The Morgan fingerprint density at radius 3 is 2.80 bits per heavy atom. The van der Waals surface area contributed by atoms with Crippen LogP contribution in [0.5, 0.6) is 0 Å². The van der Waals surface area contributed by atoms with Crippen molar-refractivity contribution in [2.24, 2.45) is 5.73 Å². The summed E-state index contributed by atoms with van der Waals surface area (Å²) in [5, 5.41) is 2.37. The number of carbonyl (C=O) groups excluding carboxylic acids is 1. The Morgan fingerprint density at radius 2 is 2.15 bits per heavy atom. The fraction of sp³-hybridized carbons (Fsp3) is 0.214. The molecule has 1 aromatic heterocycles. The molecule has 0 aliphatic carbocycles. The monoisotopic (exact) mass is 288 g/mol. The van der Waals surface area contributed by atoms with Gasteiger partial charge in [0.25, 0.3) is 5.91 Å². The number of aromatic nitrogens is 1. The Bertz CT molecular complexity index is 671. The number of nitrogens with zero attached hydrogens (tertiary/aromatic N) is 2. The Kier molecular flexibility index (Phi) is 4.14. The number of amides is 1. The molecule has 1 heterocycles. The molecule has 0 aliphatic heterocycles. The van der Waals surface area contributed by atoms with Crippen LogP contribution in [0.3, 0.4) is 0 Å². The van der Waals surface area contributed by atoms with E-state index in [1.807, 2.05) is 38.1 Å². The van der Waals surface area contributed by atoms with Crippen molar-refractivity contribution in [2.45, 2.75) is 13.8 Å². The van der Waals surface area contributed by atoms with Gasteiger partial charge < -0.3 is 5.73 Å². The van der Waals surface area contributed by atoms with Crippen LogP contribution >= 0.6 is 12.2 Å². The Balaban J connectivity index is 2.41. The minimum atomic E-state index is -0.249. The normalized spacial score (nSPS) is 10.3. The first kappa shape index (κ1) is 14.2. The van der Waals surface area contributed by atoms with Crippen LogP contribution in [0.25, 0.3) is 10.9 Å². The molecule has 0 atom stereocenters. The molecule has 3 N–H and O–H groups in total. The second-order valence-corrected chi connectivity index (χ2v) is 4.77. The van der Waals surface area contributed by atoms with Crippen molar-refractivity contribution in [1.29, 1.82) is 0 Å². The van der Waals surface area contributed by atoms with Gasteiger partial charge in [0.2, 0.25) is 0 Å². The maximum absolute atomic E-state index is 12.4. The standard InChI is InChI=1S/C14H16N4OS/c1-3-18(14(15)20)17-13(19)11-8-9(2)16-12-7-5-4-6-10(11)12/h4-8H,3H2,1-2H3,(H2,15,20)(H,17,19). The highest BCUT2D eigenvalue weighted by Crippen LogP contribution is 2.18. The first-order valence-corrected chi connectivity index (χ1v) is 6.68. The zero-order valence-electron chi connectivity index (χ0n) is 11.4. The number of aryl methyl sites for hydroxylation is 1. The molecule has 0 spiro atoms. The molecule has 0 unspecified atom stereocenters. The lowest BCUT2D eigenvalue weighted by molar-refractivity contribution is 0.0876. The summed E-state index contributed by atoms with van der Waals surface area (Å²) in [6.07, 6.45) is 0. The number of hydrazine groups is 1. The number of fused-ring (bicyclic) bond motifs is 1. The van der Waals surface area contributed by atoms with Gasteiger partial charge in [0.05, 0.1) is 11.1 Å². The molecular weight excluding hydrogens is 272 g/mol. The Labute approximate surface area is 122 Å². The minimum Gasteiger partial charge on any atom is -0.375 e. The van der Waals surface area contributed by atoms with Gasteiger partial charge in [0, 0.05) is 17.6 Å². The molecule has 0 saturated heterocycles. The van der Waals surface area contributed by atoms with Crippen molar-refractivity contribution in [3.8, 4) is 0 Å². The van der Waals surface area contributed by atoms with Crippen molar-refractivity contribution in [2.75, 3.05) is 6.54 Å². The molecule has 2 rings (SSSR count). The first-order valence-electron chi connectivity index (χ1n) is 6.27. The molecule has 0 fully saturated rings. The van der Waals surface area contributed by atoms with Crippen LogP contribution in [0, 0.1) is 6.92 Å². The van der Waals surface area contributed by atoms with Crippen molar-refractivity contribution in [1.82, 2.24) is 15.4 Å². The molecule has 0 saturated carbocycles. The SMILES string of the molecule is CCN(NC(=O)c1cc(C)nc2ccccc12)C(N)=S. The number of pyridine rings is 1. The predicted octanol–water partition coefficient (Wildman–Crippen LogP) is 1.75. The van der Waals surface area contributed by atoms with Gasteiger partial charge in [0.1, 0.15) is 0 Å². The summed E-state index contributed by atoms with van der Waals surface area (Å²) in [6, 6.07) is 9.27. The van der Waals surface area contributed by atoms with Gasteiger partial charge >= 0.3 is 0 Å². The molecule has 2 aromatic rings. The van der Waals surface area contributed by atoms with Crippen LogP contribution in [-0.4, -0.2) is 27.6 Å². The van der Waals surface area contributed by atoms with E-state index in [0.29, 0.717) is 12.1 Å². The number of nitrogens with two attached hydrogens (primary N) is 1. The van der Waals surface area contributed by atoms with Crippen molar-refractivity contribution >= 4 is 34.1 Å². The van der Waals surface area contributed by atoms with Gasteiger partial charge in [0.15, 0.2) is 5.11 Å². The van der Waals surface area contributed by atoms with E-state index < -0.39 is 0 Å². The third kappa shape index (κ3) is 2.85. The van der Waals surface area contributed by atoms with Gasteiger partial charge in [-0.3, -0.25) is 20.2 Å². The Hall–Kier alpha value is -2.21. The maximum Gasteiger partial charge on any atom is 0.270 e. The van der Waals surface area contributed by atoms with Crippen molar-refractivity contribution in [3.63, 3.8) is 0 Å². The van der Waals surface area contributed by atoms with Crippen LogP contribution < -0.4 is 11.2 Å². The van der Waals surface area contributed by atoms with Crippen molar-refractivity contribution in [3.05, 3.63) is 41.6 Å². The number of hydrogen-bond donors (Lipinski definition) is 2. The number of benzene rings is 1. The topological polar surface area (TPSA) is 71.2 Å². The lowest BCUT2D eigenvalue weighted by Crippen LogP contribution is -2.48. The Morgan fingerprint density at radius 1 is 1.45 bits per heavy atom. The largest absolute Gasteiger partial charge is 0.375 e. The molecule has 1 aromatic carbocycles. The highest BCUT2D eigenvalue weighted by Gasteiger charge is 2.14. The van der Waals surface area contributed by atoms with Crippen LogP contribution in [0.4, 0.5) is 0 Å². The van der Waals surface area contributed by atoms with Crippen LogP contribution in [-0.2, 0) is 0 Å². The zero-order chi connectivity index (χ0) is 14.7. The number of para-hydroxylation sites is 1. The highest BCUT2D eigenvalue weighted by molar-refractivity contribution is 7.80. The summed E-state index contributed by atoms with van der Waals surface area (Å²) in [6.45, 7) is 4.22. The quantitative estimate of drug-likeness (QED) is 0.651. The number of rotatable bonds is 2. The van der Waals surface area contributed by atoms with Gasteiger partial charge in [-0.1, -0.05) is 18.2 Å². The molecule has 0 aliphatic rings. The molecule has 1 amide bonds. The second kappa shape index (κ2) is 5.83.